The van der Waals surface area contributed by atoms with Crippen molar-refractivity contribution in [3.05, 3.63) is 0 Å². The van der Waals surface area contributed by atoms with Crippen LogP contribution in [-0.2, 0) is 4.79 Å². The maximum absolute atomic E-state index is 11.9. The number of hydrogen-bond donors (Lipinski definition) is 6. The first-order chi connectivity index (χ1) is 8.92. The number of nitrogens with zero attached hydrogens (tertiary/aromatic N) is 2. The van der Waals surface area contributed by atoms with Gasteiger partial charge in [-0.3, -0.25) is 4.79 Å². The molecule has 0 aromatic heterocycles. The van der Waals surface area contributed by atoms with Crippen molar-refractivity contribution in [1.82, 2.24) is 10.2 Å². The topological polar surface area (TPSA) is 152 Å². The van der Waals surface area contributed by atoms with Gasteiger partial charge in [-0.2, -0.15) is 0 Å². The van der Waals surface area contributed by atoms with Crippen molar-refractivity contribution in [2.45, 2.75) is 24.4 Å². The largest absolute Gasteiger partial charge is 0.394 e. The zero-order chi connectivity index (χ0) is 14.6. The van der Waals surface area contributed by atoms with E-state index in [9.17, 15) is 25.2 Å². The summed E-state index contributed by atoms with van der Waals surface area (Å²) in [6, 6.07) is -0.975. The van der Waals surface area contributed by atoms with Crippen molar-refractivity contribution in [1.29, 1.82) is 0 Å². The Labute approximate surface area is 110 Å². The van der Waals surface area contributed by atoms with Crippen LogP contribution in [0.15, 0.2) is 4.99 Å². The van der Waals surface area contributed by atoms with Crippen molar-refractivity contribution in [2.75, 3.05) is 26.7 Å². The van der Waals surface area contributed by atoms with E-state index in [0.29, 0.717) is 0 Å². The standard InChI is InChI=1S/C10H20N4O5/c1-12-10(11)13-2-7(17)14-3-6(16)9(19)8(18)5(14)4-15/h5-6,8-9,15-16,18-19H,2-4H2,1H3,(H3,11,12,13)/t5-,6+,8-,9-/m1/s1. The highest BCUT2D eigenvalue weighted by Gasteiger charge is 2.42. The number of aliphatic imine (C=N–C) groups is 1. The first kappa shape index (κ1) is 15.6. The van der Waals surface area contributed by atoms with Gasteiger partial charge in [0.25, 0.3) is 0 Å². The Morgan fingerprint density at radius 2 is 2.05 bits per heavy atom. The van der Waals surface area contributed by atoms with E-state index in [1.807, 2.05) is 0 Å². The molecule has 19 heavy (non-hydrogen) atoms. The number of likely N-dealkylation sites (tertiary alicyclic amines) is 1. The van der Waals surface area contributed by atoms with Gasteiger partial charge >= 0.3 is 0 Å². The minimum Gasteiger partial charge on any atom is -0.394 e. The van der Waals surface area contributed by atoms with Crippen LogP contribution in [0.5, 0.6) is 0 Å². The number of nitrogens with two attached hydrogens (primary N) is 1. The molecule has 1 aliphatic heterocycles. The average molecular weight is 276 g/mol. The van der Waals surface area contributed by atoms with Gasteiger partial charge in [0, 0.05) is 13.6 Å². The Bertz CT molecular complexity index is 351. The second-order valence-electron chi connectivity index (χ2n) is 4.30. The van der Waals surface area contributed by atoms with Crippen molar-refractivity contribution >= 4 is 11.9 Å². The Morgan fingerprint density at radius 1 is 1.42 bits per heavy atom. The fourth-order valence-electron chi connectivity index (χ4n) is 1.90. The molecule has 1 rings (SSSR count). The minimum absolute atomic E-state index is 0.0760. The number of carbonyl (C=O) groups is 1. The smallest absolute Gasteiger partial charge is 0.244 e. The molecule has 0 bridgehead atoms. The van der Waals surface area contributed by atoms with Gasteiger partial charge in [0.05, 0.1) is 12.6 Å². The molecule has 7 N–H and O–H groups in total. The first-order valence-electron chi connectivity index (χ1n) is 5.84. The molecule has 1 saturated heterocycles. The number of nitrogens with one attached hydrogen (secondary N) is 1. The second-order valence-corrected chi connectivity index (χ2v) is 4.30. The van der Waals surface area contributed by atoms with Gasteiger partial charge in [-0.15, -0.1) is 0 Å². The van der Waals surface area contributed by atoms with E-state index in [1.165, 1.54) is 0 Å². The summed E-state index contributed by atoms with van der Waals surface area (Å²) in [5.74, 6) is -0.436. The molecule has 0 unspecified atom stereocenters. The van der Waals surface area contributed by atoms with Gasteiger partial charge in [0.2, 0.25) is 5.91 Å². The summed E-state index contributed by atoms with van der Waals surface area (Å²) in [4.78, 5) is 16.7. The van der Waals surface area contributed by atoms with E-state index < -0.39 is 36.9 Å². The second kappa shape index (κ2) is 6.66. The van der Waals surface area contributed by atoms with Crippen LogP contribution in [-0.4, -0.2) is 88.3 Å². The summed E-state index contributed by atoms with van der Waals surface area (Å²) in [5.41, 5.74) is 5.37. The summed E-state index contributed by atoms with van der Waals surface area (Å²) in [5, 5.41) is 40.5. The Hall–Kier alpha value is -1.42. The average Bonchev–Trinajstić information content (AvgIpc) is 2.41. The summed E-state index contributed by atoms with van der Waals surface area (Å²) >= 11 is 0. The number of aliphatic hydroxyl groups excluding tert-OH is 4. The monoisotopic (exact) mass is 276 g/mol. The number of piperidine rings is 1. The number of amides is 1. The Morgan fingerprint density at radius 3 is 2.58 bits per heavy atom. The van der Waals surface area contributed by atoms with Crippen LogP contribution in [0.25, 0.3) is 0 Å². The maximum Gasteiger partial charge on any atom is 0.244 e. The molecule has 1 fully saturated rings. The highest BCUT2D eigenvalue weighted by atomic mass is 16.4. The zero-order valence-corrected chi connectivity index (χ0v) is 10.6. The normalized spacial score (nSPS) is 32.3. The van der Waals surface area contributed by atoms with Crippen LogP contribution in [0.4, 0.5) is 0 Å². The molecule has 0 aliphatic carbocycles. The summed E-state index contributed by atoms with van der Waals surface area (Å²) in [6.45, 7) is -0.988. The van der Waals surface area contributed by atoms with Crippen LogP contribution in [0.2, 0.25) is 0 Å². The molecule has 0 aromatic rings. The number of guanidine groups is 1. The number of carbonyl (C=O) groups excluding carboxylic acids is 1. The van der Waals surface area contributed by atoms with E-state index in [-0.39, 0.29) is 19.0 Å². The molecule has 4 atom stereocenters. The molecular formula is C10H20N4O5. The molecule has 0 saturated carbocycles. The zero-order valence-electron chi connectivity index (χ0n) is 10.6. The molecule has 1 aliphatic rings. The van der Waals surface area contributed by atoms with Gasteiger partial charge in [-0.25, -0.2) is 4.99 Å². The number of β-amino-alcohol motifs (C(OH)–C–C–N with tert-alkyl or cyclic N) is 1. The summed E-state index contributed by atoms with van der Waals surface area (Å²) in [6.07, 6.45) is -4.08. The molecule has 9 heteroatoms. The Balaban J connectivity index is 2.76. The molecule has 0 aromatic carbocycles. The van der Waals surface area contributed by atoms with E-state index in [4.69, 9.17) is 5.73 Å². The maximum atomic E-state index is 11.9. The lowest BCUT2D eigenvalue weighted by molar-refractivity contribution is -0.165. The SMILES string of the molecule is CNC(N)=NCC(=O)N1C[C@H](O)[C@@H](O)[C@H](O)[C@H]1CO. The molecule has 110 valence electrons. The van der Waals surface area contributed by atoms with Crippen molar-refractivity contribution < 1.29 is 25.2 Å². The lowest BCUT2D eigenvalue weighted by atomic mass is 9.94. The first-order valence-corrected chi connectivity index (χ1v) is 5.84. The fourth-order valence-corrected chi connectivity index (χ4v) is 1.90. The van der Waals surface area contributed by atoms with Gasteiger partial charge in [0.15, 0.2) is 5.96 Å². The van der Waals surface area contributed by atoms with E-state index in [2.05, 4.69) is 10.3 Å². The number of aliphatic hydroxyl groups is 4. The van der Waals surface area contributed by atoms with Crippen molar-refractivity contribution in [3.8, 4) is 0 Å². The summed E-state index contributed by atoms with van der Waals surface area (Å²) in [7, 11) is 1.55. The van der Waals surface area contributed by atoms with Gasteiger partial charge in [-0.05, 0) is 0 Å². The molecule has 0 radical (unpaired) electrons. The van der Waals surface area contributed by atoms with Gasteiger partial charge in [-0.1, -0.05) is 0 Å². The minimum atomic E-state index is -1.41. The number of rotatable bonds is 3. The van der Waals surface area contributed by atoms with E-state index in [1.54, 1.807) is 7.05 Å². The molecule has 1 heterocycles. The third kappa shape index (κ3) is 3.53. The predicted octanol–water partition coefficient (Wildman–Crippen LogP) is -4.19. The van der Waals surface area contributed by atoms with Gasteiger partial charge in [0.1, 0.15) is 24.9 Å². The van der Waals surface area contributed by atoms with Crippen LogP contribution >= 0.6 is 0 Å². The lowest BCUT2D eigenvalue weighted by Crippen LogP contribution is -2.64. The lowest BCUT2D eigenvalue weighted by Gasteiger charge is -2.42. The third-order valence-electron chi connectivity index (χ3n) is 3.07. The van der Waals surface area contributed by atoms with Crippen LogP contribution in [0.1, 0.15) is 0 Å². The number of hydrogen-bond acceptors (Lipinski definition) is 6. The van der Waals surface area contributed by atoms with Gasteiger partial charge < -0.3 is 36.4 Å². The van der Waals surface area contributed by atoms with Crippen LogP contribution < -0.4 is 11.1 Å². The van der Waals surface area contributed by atoms with Crippen LogP contribution in [0, 0.1) is 0 Å². The Kier molecular flexibility index (Phi) is 5.48. The highest BCUT2D eigenvalue weighted by Crippen LogP contribution is 2.19. The molecule has 1 amide bonds. The quantitative estimate of drug-likeness (QED) is 0.226. The highest BCUT2D eigenvalue weighted by molar-refractivity contribution is 5.84. The van der Waals surface area contributed by atoms with E-state index >= 15 is 0 Å². The molecule has 9 nitrogen and oxygen atoms in total. The molecule has 0 spiro atoms. The third-order valence-corrected chi connectivity index (χ3v) is 3.07. The van der Waals surface area contributed by atoms with E-state index in [0.717, 1.165) is 4.90 Å². The van der Waals surface area contributed by atoms with Crippen LogP contribution in [0.3, 0.4) is 0 Å². The van der Waals surface area contributed by atoms with Crippen molar-refractivity contribution in [2.24, 2.45) is 10.7 Å². The predicted molar refractivity (Wildman–Crippen MR) is 66.2 cm³/mol. The summed E-state index contributed by atoms with van der Waals surface area (Å²) < 4.78 is 0. The molecular weight excluding hydrogens is 256 g/mol. The van der Waals surface area contributed by atoms with Crippen molar-refractivity contribution in [3.63, 3.8) is 0 Å². The fraction of sp³-hybridized carbons (Fsp3) is 0.800.